The molecule has 0 atom stereocenters. The molecule has 0 aliphatic carbocycles. The molecular weight excluding hydrogens is 352 g/mol. The summed E-state index contributed by atoms with van der Waals surface area (Å²) >= 11 is 5.82. The molecule has 26 heavy (non-hydrogen) atoms. The van der Waals surface area contributed by atoms with Gasteiger partial charge in [-0.1, -0.05) is 11.6 Å². The molecule has 0 bridgehead atoms. The summed E-state index contributed by atoms with van der Waals surface area (Å²) in [7, 11) is 0. The van der Waals surface area contributed by atoms with E-state index >= 15 is 0 Å². The van der Waals surface area contributed by atoms with Crippen LogP contribution < -0.4 is 15.6 Å². The van der Waals surface area contributed by atoms with Crippen molar-refractivity contribution < 1.29 is 9.53 Å². The largest absolute Gasteiger partial charge is 0.484 e. The fraction of sp³-hybridized carbons (Fsp3) is 0.200. The number of ether oxygens (including phenoxy) is 1. The van der Waals surface area contributed by atoms with Crippen LogP contribution in [0, 0.1) is 6.92 Å². The molecular formula is C20H19ClN2O3. The zero-order chi connectivity index (χ0) is 18.7. The summed E-state index contributed by atoms with van der Waals surface area (Å²) in [5, 5.41) is 4.33. The Morgan fingerprint density at radius 1 is 1.15 bits per heavy atom. The molecule has 3 rings (SSSR count). The predicted octanol–water partition coefficient (Wildman–Crippen LogP) is 4.00. The minimum atomic E-state index is -0.274. The zero-order valence-corrected chi connectivity index (χ0v) is 15.3. The van der Waals surface area contributed by atoms with Gasteiger partial charge in [0.05, 0.1) is 5.52 Å². The Morgan fingerprint density at radius 3 is 2.58 bits per heavy atom. The summed E-state index contributed by atoms with van der Waals surface area (Å²) in [5.41, 5.74) is 2.32. The average Bonchev–Trinajstić information content (AvgIpc) is 2.62. The second-order valence-corrected chi connectivity index (χ2v) is 6.37. The van der Waals surface area contributed by atoms with E-state index in [1.807, 2.05) is 19.9 Å². The molecule has 134 valence electrons. The quantitative estimate of drug-likeness (QED) is 0.738. The number of hydrogen-bond donors (Lipinski definition) is 1. The van der Waals surface area contributed by atoms with Crippen molar-refractivity contribution in [3.05, 3.63) is 69.5 Å². The van der Waals surface area contributed by atoms with Crippen LogP contribution in [0.25, 0.3) is 10.9 Å². The number of aromatic nitrogens is 1. The number of rotatable bonds is 5. The van der Waals surface area contributed by atoms with Crippen LogP contribution in [-0.2, 0) is 11.3 Å². The topological polar surface area (TPSA) is 60.3 Å². The van der Waals surface area contributed by atoms with Gasteiger partial charge in [0.2, 0.25) is 0 Å². The first-order chi connectivity index (χ1) is 12.5. The summed E-state index contributed by atoms with van der Waals surface area (Å²) in [6.45, 7) is 4.26. The number of pyridine rings is 1. The van der Waals surface area contributed by atoms with Crippen LogP contribution in [0.3, 0.4) is 0 Å². The molecule has 0 aliphatic rings. The molecule has 0 aliphatic heterocycles. The summed E-state index contributed by atoms with van der Waals surface area (Å²) in [5.74, 6) is 0.264. The first-order valence-electron chi connectivity index (χ1n) is 8.30. The van der Waals surface area contributed by atoms with Gasteiger partial charge in [-0.15, -0.1) is 0 Å². The number of benzene rings is 2. The van der Waals surface area contributed by atoms with Crippen molar-refractivity contribution in [3.63, 3.8) is 0 Å². The van der Waals surface area contributed by atoms with E-state index in [4.69, 9.17) is 16.3 Å². The van der Waals surface area contributed by atoms with Crippen molar-refractivity contribution in [1.29, 1.82) is 0 Å². The lowest BCUT2D eigenvalue weighted by Crippen LogP contribution is -2.21. The number of halogens is 1. The van der Waals surface area contributed by atoms with Crippen LogP contribution in [-0.4, -0.2) is 17.1 Å². The van der Waals surface area contributed by atoms with Crippen molar-refractivity contribution in [1.82, 2.24) is 4.57 Å². The summed E-state index contributed by atoms with van der Waals surface area (Å²) in [6.07, 6.45) is 0. The molecule has 6 heteroatoms. The van der Waals surface area contributed by atoms with E-state index in [0.717, 1.165) is 16.5 Å². The molecule has 0 saturated heterocycles. The van der Waals surface area contributed by atoms with E-state index in [0.29, 0.717) is 23.0 Å². The summed E-state index contributed by atoms with van der Waals surface area (Å²) in [6, 6.07) is 14.0. The van der Waals surface area contributed by atoms with Crippen molar-refractivity contribution in [2.75, 3.05) is 11.9 Å². The van der Waals surface area contributed by atoms with Gasteiger partial charge in [0.15, 0.2) is 6.61 Å². The lowest BCUT2D eigenvalue weighted by molar-refractivity contribution is -0.118. The number of carbonyl (C=O) groups excluding carboxylic acids is 1. The highest BCUT2D eigenvalue weighted by molar-refractivity contribution is 6.30. The highest BCUT2D eigenvalue weighted by Gasteiger charge is 2.08. The number of fused-ring (bicyclic) bond motifs is 1. The zero-order valence-electron chi connectivity index (χ0n) is 14.6. The fourth-order valence-corrected chi connectivity index (χ4v) is 2.95. The SMILES string of the molecule is CCn1c(=O)cc(C)c2ccc(OCC(=O)Nc3ccc(Cl)cc3)cc21. The van der Waals surface area contributed by atoms with E-state index in [-0.39, 0.29) is 18.1 Å². The molecule has 0 radical (unpaired) electrons. The Balaban J connectivity index is 1.75. The summed E-state index contributed by atoms with van der Waals surface area (Å²) in [4.78, 5) is 24.2. The van der Waals surface area contributed by atoms with E-state index < -0.39 is 0 Å². The average molecular weight is 371 g/mol. The van der Waals surface area contributed by atoms with E-state index in [1.165, 1.54) is 0 Å². The Hall–Kier alpha value is -2.79. The molecule has 1 aromatic heterocycles. The van der Waals surface area contributed by atoms with Gasteiger partial charge in [0, 0.05) is 34.8 Å². The van der Waals surface area contributed by atoms with Gasteiger partial charge in [0.25, 0.3) is 11.5 Å². The molecule has 5 nitrogen and oxygen atoms in total. The molecule has 0 spiro atoms. The smallest absolute Gasteiger partial charge is 0.262 e. The third-order valence-electron chi connectivity index (χ3n) is 4.10. The lowest BCUT2D eigenvalue weighted by atomic mass is 10.1. The van der Waals surface area contributed by atoms with Gasteiger partial charge in [-0.2, -0.15) is 0 Å². The molecule has 3 aromatic rings. The van der Waals surface area contributed by atoms with Crippen molar-refractivity contribution >= 4 is 34.1 Å². The number of amides is 1. The highest BCUT2D eigenvalue weighted by Crippen LogP contribution is 2.22. The molecule has 1 N–H and O–H groups in total. The molecule has 1 heterocycles. The van der Waals surface area contributed by atoms with Crippen molar-refractivity contribution in [2.45, 2.75) is 20.4 Å². The molecule has 1 amide bonds. The standard InChI is InChI=1S/C20H19ClN2O3/c1-3-23-18-11-16(8-9-17(18)13(2)10-20(23)25)26-12-19(24)22-15-6-4-14(21)5-7-15/h4-11H,3,12H2,1-2H3,(H,22,24). The number of carbonyl (C=O) groups is 1. The van der Waals surface area contributed by atoms with Gasteiger partial charge in [-0.3, -0.25) is 9.59 Å². The maximum absolute atomic E-state index is 12.1. The Kier molecular flexibility index (Phi) is 5.28. The monoisotopic (exact) mass is 370 g/mol. The number of anilines is 1. The number of aryl methyl sites for hydroxylation is 2. The van der Waals surface area contributed by atoms with Crippen LogP contribution in [0.1, 0.15) is 12.5 Å². The van der Waals surface area contributed by atoms with Crippen LogP contribution >= 0.6 is 11.6 Å². The van der Waals surface area contributed by atoms with Crippen LogP contribution in [0.5, 0.6) is 5.75 Å². The van der Waals surface area contributed by atoms with E-state index in [2.05, 4.69) is 5.32 Å². The first-order valence-corrected chi connectivity index (χ1v) is 8.68. The highest BCUT2D eigenvalue weighted by atomic mass is 35.5. The van der Waals surface area contributed by atoms with Gasteiger partial charge in [-0.05, 0) is 55.8 Å². The van der Waals surface area contributed by atoms with Gasteiger partial charge < -0.3 is 14.6 Å². The molecule has 0 saturated carbocycles. The lowest BCUT2D eigenvalue weighted by Gasteiger charge is -2.12. The second kappa shape index (κ2) is 7.62. The number of nitrogens with zero attached hydrogens (tertiary/aromatic N) is 1. The maximum Gasteiger partial charge on any atom is 0.262 e. The Labute approximate surface area is 156 Å². The maximum atomic E-state index is 12.1. The Bertz CT molecular complexity index is 1010. The van der Waals surface area contributed by atoms with E-state index in [1.54, 1.807) is 47.0 Å². The van der Waals surface area contributed by atoms with Gasteiger partial charge in [0.1, 0.15) is 5.75 Å². The summed E-state index contributed by atoms with van der Waals surface area (Å²) < 4.78 is 7.28. The Morgan fingerprint density at radius 2 is 1.88 bits per heavy atom. The molecule has 2 aromatic carbocycles. The third-order valence-corrected chi connectivity index (χ3v) is 4.36. The second-order valence-electron chi connectivity index (χ2n) is 5.93. The van der Waals surface area contributed by atoms with Crippen LogP contribution in [0.15, 0.2) is 53.3 Å². The van der Waals surface area contributed by atoms with Gasteiger partial charge >= 0.3 is 0 Å². The number of nitrogens with one attached hydrogen (secondary N) is 1. The minimum absolute atomic E-state index is 0.0462. The predicted molar refractivity (Wildman–Crippen MR) is 104 cm³/mol. The third kappa shape index (κ3) is 3.89. The van der Waals surface area contributed by atoms with Crippen molar-refractivity contribution in [2.24, 2.45) is 0 Å². The van der Waals surface area contributed by atoms with Crippen molar-refractivity contribution in [3.8, 4) is 5.75 Å². The van der Waals surface area contributed by atoms with Crippen LogP contribution in [0.2, 0.25) is 5.02 Å². The molecule has 0 unspecified atom stereocenters. The van der Waals surface area contributed by atoms with Crippen LogP contribution in [0.4, 0.5) is 5.69 Å². The normalized spacial score (nSPS) is 10.7. The van der Waals surface area contributed by atoms with E-state index in [9.17, 15) is 9.59 Å². The van der Waals surface area contributed by atoms with Gasteiger partial charge in [-0.25, -0.2) is 0 Å². The minimum Gasteiger partial charge on any atom is -0.484 e. The molecule has 0 fully saturated rings. The fourth-order valence-electron chi connectivity index (χ4n) is 2.82. The first kappa shape index (κ1) is 18.0. The number of hydrogen-bond acceptors (Lipinski definition) is 3.